The molecule has 1 aromatic rings. The van der Waals surface area contributed by atoms with Crippen LogP contribution in [0, 0.1) is 0 Å². The lowest BCUT2D eigenvalue weighted by Gasteiger charge is -2.13. The van der Waals surface area contributed by atoms with Crippen LogP contribution in [0.5, 0.6) is 11.5 Å². The molecule has 90 valence electrons. The lowest BCUT2D eigenvalue weighted by molar-refractivity contribution is 0.172. The first kappa shape index (κ1) is 12.8. The maximum absolute atomic E-state index is 9.41. The molecule has 1 unspecified atom stereocenters. The molecule has 0 heterocycles. The molecule has 4 heteroatoms. The Morgan fingerprint density at radius 2 is 2.06 bits per heavy atom. The molecular weight excluding hydrogens is 206 g/mol. The van der Waals surface area contributed by atoms with Crippen molar-refractivity contribution >= 4 is 0 Å². The van der Waals surface area contributed by atoms with Crippen molar-refractivity contribution in [3.63, 3.8) is 0 Å². The first-order chi connectivity index (χ1) is 7.72. The minimum atomic E-state index is -0.462. The lowest BCUT2D eigenvalue weighted by atomic mass is 10.1. The molecule has 0 radical (unpaired) electrons. The van der Waals surface area contributed by atoms with Crippen LogP contribution < -0.4 is 15.2 Å². The molecule has 16 heavy (non-hydrogen) atoms. The van der Waals surface area contributed by atoms with Crippen LogP contribution in [0.3, 0.4) is 0 Å². The largest absolute Gasteiger partial charge is 0.493 e. The van der Waals surface area contributed by atoms with Gasteiger partial charge in [-0.2, -0.15) is 0 Å². The van der Waals surface area contributed by atoms with Gasteiger partial charge in [-0.3, -0.25) is 0 Å². The van der Waals surface area contributed by atoms with E-state index in [1.54, 1.807) is 14.2 Å². The number of nitrogens with two attached hydrogens (primary N) is 1. The van der Waals surface area contributed by atoms with Crippen molar-refractivity contribution in [2.75, 3.05) is 20.8 Å². The lowest BCUT2D eigenvalue weighted by Crippen LogP contribution is -2.20. The van der Waals surface area contributed by atoms with Crippen molar-refractivity contribution < 1.29 is 14.6 Å². The highest BCUT2D eigenvalue weighted by atomic mass is 16.5. The zero-order chi connectivity index (χ0) is 12.0. The van der Waals surface area contributed by atoms with E-state index in [0.29, 0.717) is 12.2 Å². The number of benzene rings is 1. The maximum Gasteiger partial charge on any atom is 0.163 e. The molecular formula is C12H19NO3. The van der Waals surface area contributed by atoms with E-state index in [1.165, 1.54) is 0 Å². The van der Waals surface area contributed by atoms with Crippen LogP contribution in [-0.2, 0) is 6.42 Å². The molecule has 1 rings (SSSR count). The van der Waals surface area contributed by atoms with Gasteiger partial charge in [0, 0.05) is 6.54 Å². The Morgan fingerprint density at radius 3 is 2.62 bits per heavy atom. The fourth-order valence-corrected chi connectivity index (χ4v) is 1.59. The fraction of sp³-hybridized carbons (Fsp3) is 0.500. The summed E-state index contributed by atoms with van der Waals surface area (Å²) in [6.07, 6.45) is 0.884. The number of ether oxygens (including phenoxy) is 2. The zero-order valence-corrected chi connectivity index (χ0v) is 9.77. The van der Waals surface area contributed by atoms with Crippen LogP contribution in [0.15, 0.2) is 18.2 Å². The molecule has 1 atom stereocenters. The summed E-state index contributed by atoms with van der Waals surface area (Å²) in [6.45, 7) is 0.284. The summed E-state index contributed by atoms with van der Waals surface area (Å²) in [5, 5.41) is 9.41. The highest BCUT2D eigenvalue weighted by Gasteiger charge is 2.10. The first-order valence-electron chi connectivity index (χ1n) is 5.31. The summed E-state index contributed by atoms with van der Waals surface area (Å²) in [7, 11) is 3.22. The normalized spacial score (nSPS) is 12.2. The molecule has 3 N–H and O–H groups in total. The average Bonchev–Trinajstić information content (AvgIpc) is 2.34. The molecule has 0 aliphatic heterocycles. The van der Waals surface area contributed by atoms with Crippen LogP contribution in [0.25, 0.3) is 0 Å². The topological polar surface area (TPSA) is 64.7 Å². The Bertz CT molecular complexity index is 328. The third-order valence-corrected chi connectivity index (χ3v) is 2.50. The molecule has 0 aromatic heterocycles. The van der Waals surface area contributed by atoms with Gasteiger partial charge in [-0.15, -0.1) is 0 Å². The van der Waals surface area contributed by atoms with E-state index in [1.807, 2.05) is 18.2 Å². The van der Waals surface area contributed by atoms with Crippen molar-refractivity contribution in [3.8, 4) is 11.5 Å². The van der Waals surface area contributed by atoms with E-state index < -0.39 is 6.10 Å². The quantitative estimate of drug-likeness (QED) is 0.756. The van der Waals surface area contributed by atoms with Gasteiger partial charge in [-0.1, -0.05) is 12.1 Å². The maximum atomic E-state index is 9.41. The molecule has 0 spiro atoms. The van der Waals surface area contributed by atoms with E-state index in [0.717, 1.165) is 17.7 Å². The SMILES string of the molecule is COc1cccc(CCC(O)CN)c1OC. The molecule has 4 nitrogen and oxygen atoms in total. The van der Waals surface area contributed by atoms with E-state index >= 15 is 0 Å². The van der Waals surface area contributed by atoms with Crippen LogP contribution in [0.1, 0.15) is 12.0 Å². The molecule has 0 fully saturated rings. The van der Waals surface area contributed by atoms with Gasteiger partial charge in [0.15, 0.2) is 11.5 Å². The Labute approximate surface area is 96.0 Å². The highest BCUT2D eigenvalue weighted by molar-refractivity contribution is 5.46. The Hall–Kier alpha value is -1.26. The summed E-state index contributed by atoms with van der Waals surface area (Å²) in [5.74, 6) is 1.44. The first-order valence-corrected chi connectivity index (χ1v) is 5.31. The number of para-hydroxylation sites is 1. The molecule has 0 amide bonds. The Balaban J connectivity index is 2.78. The fourth-order valence-electron chi connectivity index (χ4n) is 1.59. The molecule has 0 aliphatic carbocycles. The van der Waals surface area contributed by atoms with Crippen molar-refractivity contribution in [2.45, 2.75) is 18.9 Å². The van der Waals surface area contributed by atoms with E-state index in [4.69, 9.17) is 15.2 Å². The number of aliphatic hydroxyl groups excluding tert-OH is 1. The summed E-state index contributed by atoms with van der Waals surface area (Å²) in [4.78, 5) is 0. The number of aryl methyl sites for hydroxylation is 1. The monoisotopic (exact) mass is 225 g/mol. The molecule has 0 saturated heterocycles. The number of methoxy groups -OCH3 is 2. The summed E-state index contributed by atoms with van der Waals surface area (Å²) in [5.41, 5.74) is 6.38. The summed E-state index contributed by atoms with van der Waals surface area (Å²) in [6, 6.07) is 5.72. The molecule has 1 aromatic carbocycles. The van der Waals surface area contributed by atoms with Gasteiger partial charge >= 0.3 is 0 Å². The van der Waals surface area contributed by atoms with E-state index in [-0.39, 0.29) is 6.54 Å². The Morgan fingerprint density at radius 1 is 1.31 bits per heavy atom. The molecule has 0 saturated carbocycles. The van der Waals surface area contributed by atoms with E-state index in [9.17, 15) is 5.11 Å². The molecule has 0 bridgehead atoms. The second kappa shape index (κ2) is 6.35. The number of hydrogen-bond donors (Lipinski definition) is 2. The van der Waals surface area contributed by atoms with Crippen molar-refractivity contribution in [1.82, 2.24) is 0 Å². The van der Waals surface area contributed by atoms with Crippen molar-refractivity contribution in [1.29, 1.82) is 0 Å². The minimum Gasteiger partial charge on any atom is -0.493 e. The van der Waals surface area contributed by atoms with Crippen LogP contribution in [0.4, 0.5) is 0 Å². The predicted octanol–water partition coefficient (Wildman–Crippen LogP) is 0.956. The highest BCUT2D eigenvalue weighted by Crippen LogP contribution is 2.31. The summed E-state index contributed by atoms with van der Waals surface area (Å²) >= 11 is 0. The minimum absolute atomic E-state index is 0.284. The van der Waals surface area contributed by atoms with Gasteiger partial charge in [-0.05, 0) is 24.5 Å². The Kier molecular flexibility index (Phi) is 5.08. The average molecular weight is 225 g/mol. The van der Waals surface area contributed by atoms with Gasteiger partial charge in [0.1, 0.15) is 0 Å². The van der Waals surface area contributed by atoms with E-state index in [2.05, 4.69) is 0 Å². The number of rotatable bonds is 6. The van der Waals surface area contributed by atoms with Gasteiger partial charge < -0.3 is 20.3 Å². The van der Waals surface area contributed by atoms with Gasteiger partial charge in [0.05, 0.1) is 20.3 Å². The number of hydrogen-bond acceptors (Lipinski definition) is 4. The van der Waals surface area contributed by atoms with Crippen molar-refractivity contribution in [2.24, 2.45) is 5.73 Å². The van der Waals surface area contributed by atoms with Crippen LogP contribution in [-0.4, -0.2) is 32.0 Å². The van der Waals surface area contributed by atoms with Gasteiger partial charge in [-0.25, -0.2) is 0 Å². The van der Waals surface area contributed by atoms with Gasteiger partial charge in [0.25, 0.3) is 0 Å². The van der Waals surface area contributed by atoms with Gasteiger partial charge in [0.2, 0.25) is 0 Å². The third-order valence-electron chi connectivity index (χ3n) is 2.50. The second-order valence-electron chi connectivity index (χ2n) is 3.58. The van der Waals surface area contributed by atoms with Crippen LogP contribution >= 0.6 is 0 Å². The smallest absolute Gasteiger partial charge is 0.163 e. The standard InChI is InChI=1S/C12H19NO3/c1-15-11-5-3-4-9(12(11)16-2)6-7-10(14)8-13/h3-5,10,14H,6-8,13H2,1-2H3. The summed E-state index contributed by atoms with van der Waals surface area (Å²) < 4.78 is 10.5. The number of aliphatic hydroxyl groups is 1. The predicted molar refractivity (Wildman–Crippen MR) is 62.9 cm³/mol. The zero-order valence-electron chi connectivity index (χ0n) is 9.77. The van der Waals surface area contributed by atoms with Crippen LogP contribution in [0.2, 0.25) is 0 Å². The molecule has 0 aliphatic rings. The third kappa shape index (κ3) is 3.12. The van der Waals surface area contributed by atoms with Crippen molar-refractivity contribution in [3.05, 3.63) is 23.8 Å². The second-order valence-corrected chi connectivity index (χ2v) is 3.58.